The van der Waals surface area contributed by atoms with Gasteiger partial charge in [0, 0.05) is 20.5 Å². The van der Waals surface area contributed by atoms with Crippen LogP contribution in [0.3, 0.4) is 0 Å². The van der Waals surface area contributed by atoms with Crippen molar-refractivity contribution >= 4 is 17.5 Å². The fraction of sp³-hybridized carbons (Fsp3) is 0.467. The molecular formula is C15H23N3O2. The Morgan fingerprint density at radius 1 is 1.15 bits per heavy atom. The van der Waals surface area contributed by atoms with Crippen LogP contribution >= 0.6 is 0 Å². The van der Waals surface area contributed by atoms with Crippen LogP contribution in [-0.4, -0.2) is 37.4 Å². The summed E-state index contributed by atoms with van der Waals surface area (Å²) in [6.07, 6.45) is 3.14. The summed E-state index contributed by atoms with van der Waals surface area (Å²) in [5.41, 5.74) is 6.48. The molecule has 20 heavy (non-hydrogen) atoms. The molecule has 0 aromatic heterocycles. The zero-order valence-corrected chi connectivity index (χ0v) is 12.2. The summed E-state index contributed by atoms with van der Waals surface area (Å²) >= 11 is 0. The number of rotatable bonds is 7. The Labute approximate surface area is 120 Å². The largest absolute Gasteiger partial charge is 0.345 e. The highest BCUT2D eigenvalue weighted by atomic mass is 16.2. The van der Waals surface area contributed by atoms with Crippen molar-refractivity contribution in [2.45, 2.75) is 25.7 Å². The van der Waals surface area contributed by atoms with Gasteiger partial charge in [0.1, 0.15) is 0 Å². The van der Waals surface area contributed by atoms with Gasteiger partial charge in [-0.15, -0.1) is 0 Å². The van der Waals surface area contributed by atoms with Crippen LogP contribution in [0.4, 0.5) is 5.69 Å². The van der Waals surface area contributed by atoms with Crippen molar-refractivity contribution in [1.29, 1.82) is 0 Å². The SMILES string of the molecule is CN(C)C(=O)c1ccccc1NC(=O)CCCCCN. The third kappa shape index (κ3) is 5.01. The Balaban J connectivity index is 2.63. The number of carbonyl (C=O) groups excluding carboxylic acids is 2. The average molecular weight is 277 g/mol. The topological polar surface area (TPSA) is 75.4 Å². The molecule has 5 nitrogen and oxygen atoms in total. The van der Waals surface area contributed by atoms with E-state index in [2.05, 4.69) is 5.32 Å². The van der Waals surface area contributed by atoms with Gasteiger partial charge in [-0.25, -0.2) is 0 Å². The van der Waals surface area contributed by atoms with Crippen LogP contribution in [-0.2, 0) is 4.79 Å². The number of hydrogen-bond donors (Lipinski definition) is 2. The van der Waals surface area contributed by atoms with E-state index in [0.29, 0.717) is 24.2 Å². The first kappa shape index (κ1) is 16.2. The maximum absolute atomic E-state index is 12.0. The van der Waals surface area contributed by atoms with Gasteiger partial charge < -0.3 is 16.0 Å². The monoisotopic (exact) mass is 277 g/mol. The molecule has 1 aromatic carbocycles. The number of unbranched alkanes of at least 4 members (excludes halogenated alkanes) is 2. The van der Waals surface area contributed by atoms with Crippen molar-refractivity contribution in [3.63, 3.8) is 0 Å². The molecular weight excluding hydrogens is 254 g/mol. The van der Waals surface area contributed by atoms with Gasteiger partial charge in [0.15, 0.2) is 0 Å². The molecule has 0 unspecified atom stereocenters. The zero-order valence-electron chi connectivity index (χ0n) is 12.2. The van der Waals surface area contributed by atoms with Crippen LogP contribution in [0, 0.1) is 0 Å². The van der Waals surface area contributed by atoms with E-state index in [0.717, 1.165) is 19.3 Å². The van der Waals surface area contributed by atoms with Gasteiger partial charge in [0.05, 0.1) is 11.3 Å². The van der Waals surface area contributed by atoms with Crippen LogP contribution in [0.25, 0.3) is 0 Å². The first-order chi connectivity index (χ1) is 9.56. The molecule has 0 atom stereocenters. The fourth-order valence-corrected chi connectivity index (χ4v) is 1.84. The molecule has 0 spiro atoms. The molecule has 0 aliphatic rings. The van der Waals surface area contributed by atoms with E-state index in [9.17, 15) is 9.59 Å². The van der Waals surface area contributed by atoms with E-state index >= 15 is 0 Å². The Kier molecular flexibility index (Phi) is 6.73. The predicted octanol–water partition coefficient (Wildman–Crippen LogP) is 1.85. The van der Waals surface area contributed by atoms with E-state index in [4.69, 9.17) is 5.73 Å². The summed E-state index contributed by atoms with van der Waals surface area (Å²) in [7, 11) is 3.38. The second-order valence-electron chi connectivity index (χ2n) is 4.89. The Hall–Kier alpha value is -1.88. The van der Waals surface area contributed by atoms with E-state index in [1.165, 1.54) is 4.90 Å². The molecule has 0 saturated heterocycles. The zero-order chi connectivity index (χ0) is 15.0. The minimum Gasteiger partial charge on any atom is -0.345 e. The molecule has 0 fully saturated rings. The molecule has 110 valence electrons. The van der Waals surface area contributed by atoms with Crippen LogP contribution in [0.1, 0.15) is 36.0 Å². The summed E-state index contributed by atoms with van der Waals surface area (Å²) in [5.74, 6) is -0.190. The third-order valence-electron chi connectivity index (χ3n) is 2.95. The van der Waals surface area contributed by atoms with E-state index in [-0.39, 0.29) is 11.8 Å². The van der Waals surface area contributed by atoms with Gasteiger partial charge in [-0.05, 0) is 31.5 Å². The number of nitrogens with one attached hydrogen (secondary N) is 1. The number of hydrogen-bond acceptors (Lipinski definition) is 3. The van der Waals surface area contributed by atoms with Crippen LogP contribution in [0.5, 0.6) is 0 Å². The smallest absolute Gasteiger partial charge is 0.255 e. The highest BCUT2D eigenvalue weighted by Gasteiger charge is 2.14. The van der Waals surface area contributed by atoms with Crippen molar-refractivity contribution in [3.8, 4) is 0 Å². The summed E-state index contributed by atoms with van der Waals surface area (Å²) in [4.78, 5) is 25.4. The predicted molar refractivity (Wildman–Crippen MR) is 80.6 cm³/mol. The number of nitrogens with two attached hydrogens (primary N) is 1. The lowest BCUT2D eigenvalue weighted by Gasteiger charge is -2.14. The molecule has 0 saturated carbocycles. The van der Waals surface area contributed by atoms with Crippen LogP contribution in [0.15, 0.2) is 24.3 Å². The number of amides is 2. The Bertz CT molecular complexity index is 458. The van der Waals surface area contributed by atoms with Crippen LogP contribution < -0.4 is 11.1 Å². The first-order valence-corrected chi connectivity index (χ1v) is 6.87. The number of nitrogens with zero attached hydrogens (tertiary/aromatic N) is 1. The normalized spacial score (nSPS) is 10.2. The minimum absolute atomic E-state index is 0.0685. The molecule has 3 N–H and O–H groups in total. The fourth-order valence-electron chi connectivity index (χ4n) is 1.84. The molecule has 0 heterocycles. The molecule has 2 amide bonds. The second-order valence-corrected chi connectivity index (χ2v) is 4.89. The lowest BCUT2D eigenvalue weighted by molar-refractivity contribution is -0.116. The lowest BCUT2D eigenvalue weighted by atomic mass is 10.1. The van der Waals surface area contributed by atoms with E-state index in [1.807, 2.05) is 0 Å². The van der Waals surface area contributed by atoms with Crippen molar-refractivity contribution in [3.05, 3.63) is 29.8 Å². The standard InChI is InChI=1S/C15H23N3O2/c1-18(2)15(20)12-8-5-6-9-13(12)17-14(19)10-4-3-7-11-16/h5-6,8-9H,3-4,7,10-11,16H2,1-2H3,(H,17,19). The highest BCUT2D eigenvalue weighted by molar-refractivity contribution is 6.03. The van der Waals surface area contributed by atoms with Gasteiger partial charge in [-0.3, -0.25) is 9.59 Å². The van der Waals surface area contributed by atoms with Crippen LogP contribution in [0.2, 0.25) is 0 Å². The highest BCUT2D eigenvalue weighted by Crippen LogP contribution is 2.17. The number of benzene rings is 1. The lowest BCUT2D eigenvalue weighted by Crippen LogP contribution is -2.24. The molecule has 0 bridgehead atoms. The van der Waals surface area contributed by atoms with Gasteiger partial charge >= 0.3 is 0 Å². The van der Waals surface area contributed by atoms with Gasteiger partial charge in [-0.1, -0.05) is 18.6 Å². The number of anilines is 1. The van der Waals surface area contributed by atoms with E-state index in [1.54, 1.807) is 38.4 Å². The average Bonchev–Trinajstić information content (AvgIpc) is 2.43. The maximum atomic E-state index is 12.0. The number of carbonyl (C=O) groups is 2. The summed E-state index contributed by atoms with van der Waals surface area (Å²) in [6, 6.07) is 7.05. The molecule has 0 aliphatic heterocycles. The van der Waals surface area contributed by atoms with Crippen molar-refractivity contribution < 1.29 is 9.59 Å². The van der Waals surface area contributed by atoms with Crippen molar-refractivity contribution in [1.82, 2.24) is 4.90 Å². The van der Waals surface area contributed by atoms with Gasteiger partial charge in [0.2, 0.25) is 5.91 Å². The molecule has 5 heteroatoms. The first-order valence-electron chi connectivity index (χ1n) is 6.87. The summed E-state index contributed by atoms with van der Waals surface area (Å²) in [5, 5.41) is 2.81. The summed E-state index contributed by atoms with van der Waals surface area (Å²) in [6.45, 7) is 0.655. The molecule has 0 radical (unpaired) electrons. The summed E-state index contributed by atoms with van der Waals surface area (Å²) < 4.78 is 0. The van der Waals surface area contributed by atoms with Crippen molar-refractivity contribution in [2.24, 2.45) is 5.73 Å². The minimum atomic E-state index is -0.121. The number of para-hydroxylation sites is 1. The van der Waals surface area contributed by atoms with E-state index < -0.39 is 0 Å². The molecule has 0 aliphatic carbocycles. The second kappa shape index (κ2) is 8.32. The Morgan fingerprint density at radius 3 is 2.50 bits per heavy atom. The molecule has 1 aromatic rings. The maximum Gasteiger partial charge on any atom is 0.255 e. The van der Waals surface area contributed by atoms with Crippen molar-refractivity contribution in [2.75, 3.05) is 26.0 Å². The quantitative estimate of drug-likeness (QED) is 0.747. The van der Waals surface area contributed by atoms with Gasteiger partial charge in [-0.2, -0.15) is 0 Å². The Morgan fingerprint density at radius 2 is 1.85 bits per heavy atom. The molecule has 1 rings (SSSR count). The van der Waals surface area contributed by atoms with Gasteiger partial charge in [0.25, 0.3) is 5.91 Å². The third-order valence-corrected chi connectivity index (χ3v) is 2.95.